The van der Waals surface area contributed by atoms with Crippen molar-refractivity contribution in [3.05, 3.63) is 97.3 Å². The van der Waals surface area contributed by atoms with Gasteiger partial charge in [0.15, 0.2) is 0 Å². The summed E-state index contributed by atoms with van der Waals surface area (Å²) >= 11 is 0. The average molecular weight is 477 g/mol. The third-order valence-corrected chi connectivity index (χ3v) is 5.63. The molecule has 0 radical (unpaired) electrons. The lowest BCUT2D eigenvalue weighted by atomic mass is 10.1. The summed E-state index contributed by atoms with van der Waals surface area (Å²) in [4.78, 5) is 8.17. The molecule has 6 rings (SSSR count). The predicted octanol–water partition coefficient (Wildman–Crippen LogP) is 4.80. The summed E-state index contributed by atoms with van der Waals surface area (Å²) in [5, 5.41) is 4.41. The van der Waals surface area contributed by atoms with Gasteiger partial charge in [-0.1, -0.05) is 54.6 Å². The van der Waals surface area contributed by atoms with Gasteiger partial charge >= 0.3 is 0 Å². The molecular formula is C28H28N8. The summed E-state index contributed by atoms with van der Waals surface area (Å²) in [5.74, 6) is 0. The summed E-state index contributed by atoms with van der Waals surface area (Å²) < 4.78 is 0. The molecule has 180 valence electrons. The Hall–Kier alpha value is -5.24. The topological polar surface area (TPSA) is 182 Å². The Kier molecular flexibility index (Phi) is 6.87. The second-order valence-electron chi connectivity index (χ2n) is 8.14. The van der Waals surface area contributed by atoms with Gasteiger partial charge in [-0.3, -0.25) is 9.97 Å². The summed E-state index contributed by atoms with van der Waals surface area (Å²) in [6.45, 7) is 0. The highest BCUT2D eigenvalue weighted by atomic mass is 14.8. The molecule has 0 spiro atoms. The molecule has 0 aliphatic rings. The molecule has 0 saturated carbocycles. The minimum absolute atomic E-state index is 0.544. The van der Waals surface area contributed by atoms with Gasteiger partial charge in [0.25, 0.3) is 0 Å². The van der Waals surface area contributed by atoms with Crippen molar-refractivity contribution in [1.29, 1.82) is 0 Å². The van der Waals surface area contributed by atoms with E-state index in [9.17, 15) is 0 Å². The molecule has 0 amide bonds. The molecule has 1 heterocycles. The molecule has 8 heteroatoms. The van der Waals surface area contributed by atoms with E-state index in [-0.39, 0.29) is 0 Å². The smallest absolute Gasteiger partial charge is 0.0908 e. The molecule has 0 aliphatic heterocycles. The standard InChI is InChI=1S/2C10H10N2.C8H8N4/c11-9-5-7-3-1-2-4-8(7)6-10(9)12;11-9-6-5-7-3-1-2-4-8(7)10(9)12;9-5-3-7-8(4-6(5)10)12-2-1-11-7/h2*1-6H,11-12H2;1-4H,9-10H2. The van der Waals surface area contributed by atoms with Crippen LogP contribution >= 0.6 is 0 Å². The van der Waals surface area contributed by atoms with Crippen LogP contribution < -0.4 is 34.4 Å². The van der Waals surface area contributed by atoms with Crippen LogP contribution in [-0.4, -0.2) is 9.97 Å². The first-order chi connectivity index (χ1) is 17.3. The number of hydrogen-bond donors (Lipinski definition) is 6. The number of benzene rings is 5. The highest BCUT2D eigenvalue weighted by Crippen LogP contribution is 2.26. The van der Waals surface area contributed by atoms with Crippen molar-refractivity contribution in [2.24, 2.45) is 0 Å². The van der Waals surface area contributed by atoms with E-state index in [1.165, 1.54) is 0 Å². The number of hydrogen-bond acceptors (Lipinski definition) is 8. The van der Waals surface area contributed by atoms with E-state index >= 15 is 0 Å². The predicted molar refractivity (Wildman–Crippen MR) is 154 cm³/mol. The monoisotopic (exact) mass is 476 g/mol. The fourth-order valence-electron chi connectivity index (χ4n) is 3.63. The number of nitrogen functional groups attached to an aromatic ring is 6. The quantitative estimate of drug-likeness (QED) is 0.169. The van der Waals surface area contributed by atoms with Crippen LogP contribution in [0.5, 0.6) is 0 Å². The Morgan fingerprint density at radius 2 is 0.861 bits per heavy atom. The van der Waals surface area contributed by atoms with Crippen LogP contribution in [-0.2, 0) is 0 Å². The molecule has 0 unspecified atom stereocenters. The van der Waals surface area contributed by atoms with Crippen molar-refractivity contribution >= 4 is 66.7 Å². The van der Waals surface area contributed by atoms with E-state index in [0.717, 1.165) is 32.6 Å². The first-order valence-corrected chi connectivity index (χ1v) is 11.2. The maximum atomic E-state index is 5.79. The molecular weight excluding hydrogens is 448 g/mol. The Bertz CT molecular complexity index is 1490. The SMILES string of the molecule is Nc1cc2ccccc2cc1N.Nc1cc2nccnc2cc1N.Nc1ccc2ccccc2c1N. The number of rotatable bonds is 0. The number of aromatic nitrogens is 2. The van der Waals surface area contributed by atoms with Gasteiger partial charge in [0.05, 0.1) is 45.2 Å². The lowest BCUT2D eigenvalue weighted by molar-refractivity contribution is 1.30. The molecule has 0 fully saturated rings. The number of fused-ring (bicyclic) bond motifs is 3. The van der Waals surface area contributed by atoms with Crippen molar-refractivity contribution in [3.8, 4) is 0 Å². The fourth-order valence-corrected chi connectivity index (χ4v) is 3.63. The van der Waals surface area contributed by atoms with E-state index in [1.807, 2.05) is 72.8 Å². The van der Waals surface area contributed by atoms with Crippen LogP contribution in [0.1, 0.15) is 0 Å². The molecule has 6 aromatic rings. The summed E-state index contributed by atoms with van der Waals surface area (Å²) in [6.07, 6.45) is 3.25. The highest BCUT2D eigenvalue weighted by molar-refractivity contribution is 5.98. The van der Waals surface area contributed by atoms with Crippen LogP contribution in [0.3, 0.4) is 0 Å². The Balaban J connectivity index is 0.000000127. The van der Waals surface area contributed by atoms with Gasteiger partial charge in [0.1, 0.15) is 0 Å². The molecule has 12 N–H and O–H groups in total. The average Bonchev–Trinajstić information content (AvgIpc) is 2.89. The van der Waals surface area contributed by atoms with Gasteiger partial charge in [0, 0.05) is 17.8 Å². The van der Waals surface area contributed by atoms with E-state index in [4.69, 9.17) is 34.4 Å². The van der Waals surface area contributed by atoms with Crippen molar-refractivity contribution in [1.82, 2.24) is 9.97 Å². The first kappa shape index (κ1) is 23.9. The van der Waals surface area contributed by atoms with Gasteiger partial charge < -0.3 is 34.4 Å². The number of nitrogens with two attached hydrogens (primary N) is 6. The van der Waals surface area contributed by atoms with Gasteiger partial charge in [-0.2, -0.15) is 0 Å². The summed E-state index contributed by atoms with van der Waals surface area (Å²) in [6, 6.07) is 27.0. The summed E-state index contributed by atoms with van der Waals surface area (Å²) in [7, 11) is 0. The first-order valence-electron chi connectivity index (χ1n) is 11.2. The molecule has 8 nitrogen and oxygen atoms in total. The second-order valence-corrected chi connectivity index (χ2v) is 8.14. The molecule has 0 bridgehead atoms. The number of anilines is 6. The zero-order valence-electron chi connectivity index (χ0n) is 19.6. The second kappa shape index (κ2) is 10.4. The molecule has 0 saturated heterocycles. The molecule has 1 aromatic heterocycles. The van der Waals surface area contributed by atoms with Crippen molar-refractivity contribution < 1.29 is 0 Å². The van der Waals surface area contributed by atoms with Crippen LogP contribution in [0.2, 0.25) is 0 Å². The van der Waals surface area contributed by atoms with Gasteiger partial charge in [-0.25, -0.2) is 0 Å². The minimum atomic E-state index is 0.544. The fraction of sp³-hybridized carbons (Fsp3) is 0. The summed E-state index contributed by atoms with van der Waals surface area (Å²) in [5.41, 5.74) is 39.2. The van der Waals surface area contributed by atoms with Gasteiger partial charge in [-0.05, 0) is 46.5 Å². The molecule has 0 atom stereocenters. The zero-order chi connectivity index (χ0) is 25.7. The Morgan fingerprint density at radius 3 is 1.39 bits per heavy atom. The van der Waals surface area contributed by atoms with Crippen LogP contribution in [0.4, 0.5) is 34.1 Å². The van der Waals surface area contributed by atoms with Crippen molar-refractivity contribution in [3.63, 3.8) is 0 Å². The minimum Gasteiger partial charge on any atom is -0.397 e. The molecule has 0 aliphatic carbocycles. The zero-order valence-corrected chi connectivity index (χ0v) is 19.6. The highest BCUT2D eigenvalue weighted by Gasteiger charge is 2.00. The maximum Gasteiger partial charge on any atom is 0.0908 e. The van der Waals surface area contributed by atoms with E-state index in [1.54, 1.807) is 24.5 Å². The molecule has 36 heavy (non-hydrogen) atoms. The number of nitrogens with zero attached hydrogens (tertiary/aromatic N) is 2. The normalized spacial score (nSPS) is 10.3. The van der Waals surface area contributed by atoms with E-state index in [0.29, 0.717) is 34.1 Å². The lowest BCUT2D eigenvalue weighted by Gasteiger charge is -2.03. The van der Waals surface area contributed by atoms with Crippen LogP contribution in [0, 0.1) is 0 Å². The third-order valence-electron chi connectivity index (χ3n) is 5.63. The maximum absolute atomic E-state index is 5.79. The largest absolute Gasteiger partial charge is 0.397 e. The van der Waals surface area contributed by atoms with Gasteiger partial charge in [0.2, 0.25) is 0 Å². The van der Waals surface area contributed by atoms with Crippen LogP contribution in [0.15, 0.2) is 97.3 Å². The Morgan fingerprint density at radius 1 is 0.417 bits per heavy atom. The van der Waals surface area contributed by atoms with Gasteiger partial charge in [-0.15, -0.1) is 0 Å². The van der Waals surface area contributed by atoms with Crippen LogP contribution in [0.25, 0.3) is 32.6 Å². The lowest BCUT2D eigenvalue weighted by Crippen LogP contribution is -1.95. The third kappa shape index (κ3) is 5.28. The molecule has 5 aromatic carbocycles. The van der Waals surface area contributed by atoms with Crippen molar-refractivity contribution in [2.45, 2.75) is 0 Å². The van der Waals surface area contributed by atoms with E-state index in [2.05, 4.69) is 9.97 Å². The van der Waals surface area contributed by atoms with Crippen molar-refractivity contribution in [2.75, 3.05) is 34.4 Å². The Labute approximate surface area is 208 Å². The van der Waals surface area contributed by atoms with E-state index < -0.39 is 0 Å².